The highest BCUT2D eigenvalue weighted by molar-refractivity contribution is 6.03. The maximum Gasteiger partial charge on any atom is 0.417 e. The fourth-order valence-electron chi connectivity index (χ4n) is 3.71. The van der Waals surface area contributed by atoms with Crippen LogP contribution in [0.25, 0.3) is 0 Å². The zero-order valence-corrected chi connectivity index (χ0v) is 17.8. The number of amides is 3. The van der Waals surface area contributed by atoms with Gasteiger partial charge in [-0.1, -0.05) is 18.2 Å². The van der Waals surface area contributed by atoms with Crippen LogP contribution < -0.4 is 5.32 Å². The van der Waals surface area contributed by atoms with Gasteiger partial charge in [0.2, 0.25) is 0 Å². The van der Waals surface area contributed by atoms with Crippen molar-refractivity contribution in [1.82, 2.24) is 9.80 Å². The van der Waals surface area contributed by atoms with E-state index in [1.54, 1.807) is 24.3 Å². The molecule has 2 aromatic carbocycles. The van der Waals surface area contributed by atoms with Crippen LogP contribution in [-0.4, -0.2) is 53.7 Å². The van der Waals surface area contributed by atoms with Gasteiger partial charge in [-0.05, 0) is 42.5 Å². The van der Waals surface area contributed by atoms with E-state index in [2.05, 4.69) is 5.32 Å². The molecule has 4 rings (SSSR count). The number of hydrogen-bond donors (Lipinski definition) is 1. The summed E-state index contributed by atoms with van der Waals surface area (Å²) in [5.74, 6) is -1.36. The number of alkyl halides is 3. The van der Waals surface area contributed by atoms with Crippen LogP contribution in [0.5, 0.6) is 0 Å². The molecule has 0 saturated carbocycles. The molecule has 0 spiro atoms. The summed E-state index contributed by atoms with van der Waals surface area (Å²) in [4.78, 5) is 40.7. The van der Waals surface area contributed by atoms with Crippen molar-refractivity contribution >= 4 is 23.4 Å². The predicted octanol–water partition coefficient (Wildman–Crippen LogP) is 4.15. The van der Waals surface area contributed by atoms with Crippen molar-refractivity contribution in [1.29, 1.82) is 0 Å². The van der Waals surface area contributed by atoms with E-state index in [0.717, 1.165) is 12.1 Å². The van der Waals surface area contributed by atoms with Crippen LogP contribution in [0.1, 0.15) is 36.8 Å². The molecule has 1 aromatic heterocycles. The van der Waals surface area contributed by atoms with Crippen molar-refractivity contribution in [2.45, 2.75) is 6.18 Å². The van der Waals surface area contributed by atoms with Crippen LogP contribution in [0, 0.1) is 0 Å². The van der Waals surface area contributed by atoms with Crippen molar-refractivity contribution in [2.75, 3.05) is 31.5 Å². The van der Waals surface area contributed by atoms with E-state index in [0.29, 0.717) is 11.3 Å². The highest BCUT2D eigenvalue weighted by atomic mass is 19.4. The minimum atomic E-state index is -4.64. The monoisotopic (exact) mass is 471 g/mol. The van der Waals surface area contributed by atoms with Crippen molar-refractivity contribution in [3.63, 3.8) is 0 Å². The van der Waals surface area contributed by atoms with E-state index < -0.39 is 29.1 Å². The van der Waals surface area contributed by atoms with E-state index in [1.165, 1.54) is 40.3 Å². The first-order chi connectivity index (χ1) is 16.2. The van der Waals surface area contributed by atoms with Gasteiger partial charge in [0.1, 0.15) is 0 Å². The van der Waals surface area contributed by atoms with Gasteiger partial charge in [0, 0.05) is 37.4 Å². The summed E-state index contributed by atoms with van der Waals surface area (Å²) in [5.41, 5.74) is -0.647. The lowest BCUT2D eigenvalue weighted by Gasteiger charge is -2.35. The molecule has 1 aliphatic rings. The second-order valence-corrected chi connectivity index (χ2v) is 7.64. The summed E-state index contributed by atoms with van der Waals surface area (Å²) in [6.07, 6.45) is -3.26. The largest absolute Gasteiger partial charge is 0.459 e. The summed E-state index contributed by atoms with van der Waals surface area (Å²) in [7, 11) is 0. The predicted molar refractivity (Wildman–Crippen MR) is 116 cm³/mol. The Morgan fingerprint density at radius 2 is 1.50 bits per heavy atom. The second kappa shape index (κ2) is 9.42. The molecule has 10 heteroatoms. The first-order valence-electron chi connectivity index (χ1n) is 10.4. The van der Waals surface area contributed by atoms with Crippen LogP contribution in [0.2, 0.25) is 0 Å². The van der Waals surface area contributed by atoms with E-state index in [4.69, 9.17) is 4.42 Å². The Hall–Kier alpha value is -4.08. The fourth-order valence-corrected chi connectivity index (χ4v) is 3.71. The van der Waals surface area contributed by atoms with Crippen molar-refractivity contribution in [3.05, 3.63) is 89.4 Å². The Labute approximate surface area is 192 Å². The molecule has 34 heavy (non-hydrogen) atoms. The van der Waals surface area contributed by atoms with Gasteiger partial charge in [-0.2, -0.15) is 13.2 Å². The minimum absolute atomic E-state index is 0.103. The highest BCUT2D eigenvalue weighted by Crippen LogP contribution is 2.32. The maximum absolute atomic E-state index is 13.3. The van der Waals surface area contributed by atoms with E-state index in [1.807, 2.05) is 0 Å². The highest BCUT2D eigenvalue weighted by Gasteiger charge is 2.36. The molecule has 3 aromatic rings. The van der Waals surface area contributed by atoms with Gasteiger partial charge in [-0.3, -0.25) is 14.4 Å². The normalized spacial score (nSPS) is 14.1. The van der Waals surface area contributed by atoms with Crippen molar-refractivity contribution in [2.24, 2.45) is 0 Å². The third-order valence-electron chi connectivity index (χ3n) is 5.43. The first kappa shape index (κ1) is 23.1. The number of carbonyl (C=O) groups excluding carboxylic acids is 3. The first-order valence-corrected chi connectivity index (χ1v) is 10.4. The number of rotatable bonds is 4. The number of nitrogens with one attached hydrogen (secondary N) is 1. The molecular weight excluding hydrogens is 451 g/mol. The lowest BCUT2D eigenvalue weighted by atomic mass is 10.1. The number of hydrogen-bond acceptors (Lipinski definition) is 4. The molecule has 1 N–H and O–H groups in total. The summed E-state index contributed by atoms with van der Waals surface area (Å²) < 4.78 is 44.9. The number of furan rings is 1. The summed E-state index contributed by atoms with van der Waals surface area (Å²) >= 11 is 0. The van der Waals surface area contributed by atoms with Gasteiger partial charge < -0.3 is 19.5 Å². The van der Waals surface area contributed by atoms with Crippen LogP contribution in [0.3, 0.4) is 0 Å². The van der Waals surface area contributed by atoms with Gasteiger partial charge in [-0.25, -0.2) is 0 Å². The number of carbonyl (C=O) groups is 3. The van der Waals surface area contributed by atoms with Gasteiger partial charge >= 0.3 is 6.18 Å². The summed E-state index contributed by atoms with van der Waals surface area (Å²) in [5, 5.41) is 2.65. The van der Waals surface area contributed by atoms with E-state index >= 15 is 0 Å². The Bertz CT molecular complexity index is 1200. The van der Waals surface area contributed by atoms with E-state index in [9.17, 15) is 27.6 Å². The Morgan fingerprint density at radius 1 is 0.824 bits per heavy atom. The number of anilines is 1. The molecule has 1 saturated heterocycles. The molecule has 1 fully saturated rings. The third kappa shape index (κ3) is 4.95. The zero-order chi connectivity index (χ0) is 24.3. The Kier molecular flexibility index (Phi) is 6.40. The topological polar surface area (TPSA) is 82.9 Å². The molecule has 0 bridgehead atoms. The maximum atomic E-state index is 13.3. The third-order valence-corrected chi connectivity index (χ3v) is 5.43. The lowest BCUT2D eigenvalue weighted by molar-refractivity contribution is -0.138. The zero-order valence-electron chi connectivity index (χ0n) is 17.8. The average Bonchev–Trinajstić information content (AvgIpc) is 3.38. The minimum Gasteiger partial charge on any atom is -0.459 e. The van der Waals surface area contributed by atoms with Gasteiger partial charge in [0.15, 0.2) is 5.76 Å². The smallest absolute Gasteiger partial charge is 0.417 e. The SMILES string of the molecule is O=C(Nc1cccc(C(=O)N2CCN(C(=O)c3ccccc3C(F)(F)F)CC2)c1)c1ccco1. The molecule has 7 nitrogen and oxygen atoms in total. The van der Waals surface area contributed by atoms with Crippen LogP contribution in [-0.2, 0) is 6.18 Å². The molecule has 1 aliphatic heterocycles. The Morgan fingerprint density at radius 3 is 2.15 bits per heavy atom. The average molecular weight is 471 g/mol. The van der Waals surface area contributed by atoms with Crippen LogP contribution >= 0.6 is 0 Å². The molecule has 0 unspecified atom stereocenters. The Balaban J connectivity index is 1.40. The summed E-state index contributed by atoms with van der Waals surface area (Å²) in [6.45, 7) is 0.543. The van der Waals surface area contributed by atoms with Crippen LogP contribution in [0.15, 0.2) is 71.3 Å². The number of benzene rings is 2. The molecule has 3 amide bonds. The van der Waals surface area contributed by atoms with Crippen molar-refractivity contribution in [3.8, 4) is 0 Å². The quantitative estimate of drug-likeness (QED) is 0.620. The van der Waals surface area contributed by atoms with Gasteiger partial charge in [-0.15, -0.1) is 0 Å². The fraction of sp³-hybridized carbons (Fsp3) is 0.208. The molecular formula is C24H20F3N3O4. The molecule has 0 aliphatic carbocycles. The van der Waals surface area contributed by atoms with Gasteiger partial charge in [0.05, 0.1) is 17.4 Å². The number of halogens is 3. The molecule has 0 atom stereocenters. The van der Waals surface area contributed by atoms with Crippen LogP contribution in [0.4, 0.5) is 18.9 Å². The second-order valence-electron chi connectivity index (χ2n) is 7.64. The number of piperazine rings is 1. The molecule has 2 heterocycles. The van der Waals surface area contributed by atoms with Gasteiger partial charge in [0.25, 0.3) is 17.7 Å². The molecule has 176 valence electrons. The van der Waals surface area contributed by atoms with E-state index in [-0.39, 0.29) is 37.8 Å². The lowest BCUT2D eigenvalue weighted by Crippen LogP contribution is -2.50. The summed E-state index contributed by atoms with van der Waals surface area (Å²) in [6, 6.07) is 14.1. The van der Waals surface area contributed by atoms with Crippen molar-refractivity contribution < 1.29 is 32.0 Å². The number of nitrogens with zero attached hydrogens (tertiary/aromatic N) is 2. The molecule has 0 radical (unpaired) electrons. The standard InChI is InChI=1S/C24H20F3N3O4/c25-24(26,27)19-8-2-1-7-18(19)23(33)30-12-10-29(11-13-30)22(32)16-5-3-6-17(15-16)28-21(31)20-9-4-14-34-20/h1-9,14-15H,10-13H2,(H,28,31).